The summed E-state index contributed by atoms with van der Waals surface area (Å²) in [5.74, 6) is -0.0418. The molecule has 24 heavy (non-hydrogen) atoms. The minimum absolute atomic E-state index is 0.0111. The van der Waals surface area contributed by atoms with E-state index < -0.39 is 0 Å². The van der Waals surface area contributed by atoms with Crippen LogP contribution < -0.4 is 9.80 Å². The fourth-order valence-electron chi connectivity index (χ4n) is 3.15. The second-order valence-electron chi connectivity index (χ2n) is 6.31. The molecule has 3 rings (SSSR count). The molecule has 0 bridgehead atoms. The van der Waals surface area contributed by atoms with Crippen molar-refractivity contribution in [2.45, 2.75) is 32.7 Å². The van der Waals surface area contributed by atoms with Crippen LogP contribution in [0.2, 0.25) is 0 Å². The summed E-state index contributed by atoms with van der Waals surface area (Å²) in [5.41, 5.74) is 2.77. The van der Waals surface area contributed by atoms with Crippen molar-refractivity contribution in [2.24, 2.45) is 0 Å². The van der Waals surface area contributed by atoms with E-state index in [9.17, 15) is 9.59 Å². The van der Waals surface area contributed by atoms with Crippen molar-refractivity contribution < 1.29 is 9.59 Å². The molecule has 0 radical (unpaired) electrons. The molecule has 4 heteroatoms. The van der Waals surface area contributed by atoms with Crippen LogP contribution in [0, 0.1) is 0 Å². The van der Waals surface area contributed by atoms with E-state index in [2.05, 4.69) is 0 Å². The van der Waals surface area contributed by atoms with Gasteiger partial charge in [-0.1, -0.05) is 42.5 Å². The molecule has 2 amide bonds. The zero-order valence-corrected chi connectivity index (χ0v) is 14.1. The molecule has 1 aliphatic rings. The summed E-state index contributed by atoms with van der Waals surface area (Å²) < 4.78 is 0. The Bertz CT molecular complexity index is 740. The minimum Gasteiger partial charge on any atom is -0.306 e. The van der Waals surface area contributed by atoms with E-state index in [1.807, 2.05) is 68.4 Å². The van der Waals surface area contributed by atoms with Gasteiger partial charge in [-0.25, -0.2) is 0 Å². The fraction of sp³-hybridized carbons (Fsp3) is 0.300. The zero-order chi connectivity index (χ0) is 17.1. The monoisotopic (exact) mass is 322 g/mol. The molecule has 0 atom stereocenters. The first-order valence-corrected chi connectivity index (χ1v) is 8.33. The molecule has 2 aromatic rings. The Kier molecular flexibility index (Phi) is 4.65. The summed E-state index contributed by atoms with van der Waals surface area (Å²) in [7, 11) is 0. The number of hydrogen-bond donors (Lipinski definition) is 0. The van der Waals surface area contributed by atoms with Crippen LogP contribution in [0.4, 0.5) is 11.4 Å². The van der Waals surface area contributed by atoms with Crippen LogP contribution in [0.5, 0.6) is 0 Å². The maximum atomic E-state index is 12.7. The van der Waals surface area contributed by atoms with Gasteiger partial charge in [0.1, 0.15) is 6.54 Å². The summed E-state index contributed by atoms with van der Waals surface area (Å²) >= 11 is 0. The van der Waals surface area contributed by atoms with E-state index in [1.54, 1.807) is 9.80 Å². The first-order chi connectivity index (χ1) is 11.6. The summed E-state index contributed by atoms with van der Waals surface area (Å²) in [6.45, 7) is 4.09. The van der Waals surface area contributed by atoms with Crippen molar-refractivity contribution in [1.29, 1.82) is 0 Å². The van der Waals surface area contributed by atoms with E-state index in [0.29, 0.717) is 12.8 Å². The van der Waals surface area contributed by atoms with E-state index >= 15 is 0 Å². The molecule has 2 aromatic carbocycles. The number of aryl methyl sites for hydroxylation is 1. The molecule has 4 nitrogen and oxygen atoms in total. The quantitative estimate of drug-likeness (QED) is 0.865. The summed E-state index contributed by atoms with van der Waals surface area (Å²) in [5, 5.41) is 0. The number of carbonyl (C=O) groups excluding carboxylic acids is 2. The summed E-state index contributed by atoms with van der Waals surface area (Å²) in [6.07, 6.45) is 1.08. The van der Waals surface area contributed by atoms with Crippen LogP contribution in [0.1, 0.15) is 25.8 Å². The van der Waals surface area contributed by atoms with Crippen molar-refractivity contribution in [2.75, 3.05) is 16.3 Å². The number of nitrogens with zero attached hydrogens (tertiary/aromatic N) is 2. The van der Waals surface area contributed by atoms with Crippen LogP contribution in [0.3, 0.4) is 0 Å². The van der Waals surface area contributed by atoms with E-state index in [4.69, 9.17) is 0 Å². The first-order valence-electron chi connectivity index (χ1n) is 8.33. The molecule has 0 saturated carbocycles. The van der Waals surface area contributed by atoms with Gasteiger partial charge in [-0.15, -0.1) is 0 Å². The lowest BCUT2D eigenvalue weighted by Crippen LogP contribution is -2.50. The van der Waals surface area contributed by atoms with Gasteiger partial charge in [0.25, 0.3) is 0 Å². The Morgan fingerprint density at radius 1 is 1.00 bits per heavy atom. The molecule has 0 spiro atoms. The van der Waals surface area contributed by atoms with Gasteiger partial charge in [-0.2, -0.15) is 0 Å². The van der Waals surface area contributed by atoms with Gasteiger partial charge >= 0.3 is 0 Å². The minimum atomic E-state index is -0.0308. The number of hydrogen-bond acceptors (Lipinski definition) is 2. The SMILES string of the molecule is CC(C)N1C(=O)CN(C(=O)CCc2ccccc2)c2ccccc21. The number of benzene rings is 2. The third-order valence-corrected chi connectivity index (χ3v) is 4.28. The maximum Gasteiger partial charge on any atom is 0.247 e. The lowest BCUT2D eigenvalue weighted by Gasteiger charge is -2.38. The number of amides is 2. The molecule has 0 unspecified atom stereocenters. The van der Waals surface area contributed by atoms with Gasteiger partial charge in [-0.3, -0.25) is 9.59 Å². The molecule has 0 aromatic heterocycles. The van der Waals surface area contributed by atoms with Crippen LogP contribution in [-0.4, -0.2) is 24.4 Å². The molecule has 0 N–H and O–H groups in total. The summed E-state index contributed by atoms with van der Waals surface area (Å²) in [4.78, 5) is 28.6. The van der Waals surface area contributed by atoms with Gasteiger partial charge in [-0.05, 0) is 38.0 Å². The van der Waals surface area contributed by atoms with Gasteiger partial charge in [0.15, 0.2) is 0 Å². The number of fused-ring (bicyclic) bond motifs is 1. The average molecular weight is 322 g/mol. The predicted octanol–water partition coefficient (Wildman–Crippen LogP) is 3.41. The van der Waals surface area contributed by atoms with E-state index in [1.165, 1.54) is 0 Å². The maximum absolute atomic E-state index is 12.7. The Hall–Kier alpha value is -2.62. The fourth-order valence-corrected chi connectivity index (χ4v) is 3.15. The van der Waals surface area contributed by atoms with Crippen molar-refractivity contribution in [3.63, 3.8) is 0 Å². The molecular formula is C20H22N2O2. The highest BCUT2D eigenvalue weighted by atomic mass is 16.2. The zero-order valence-electron chi connectivity index (χ0n) is 14.1. The second kappa shape index (κ2) is 6.87. The molecule has 1 heterocycles. The van der Waals surface area contributed by atoms with Crippen molar-refractivity contribution in [3.05, 3.63) is 60.2 Å². The number of para-hydroxylation sites is 2. The normalized spacial score (nSPS) is 14.0. The van der Waals surface area contributed by atoms with Gasteiger partial charge in [0.2, 0.25) is 11.8 Å². The third kappa shape index (κ3) is 3.18. The number of anilines is 2. The van der Waals surface area contributed by atoms with Crippen molar-refractivity contribution in [1.82, 2.24) is 0 Å². The number of carbonyl (C=O) groups is 2. The Labute approximate surface area is 142 Å². The van der Waals surface area contributed by atoms with Gasteiger partial charge in [0, 0.05) is 12.5 Å². The van der Waals surface area contributed by atoms with E-state index in [-0.39, 0.29) is 24.4 Å². The topological polar surface area (TPSA) is 40.6 Å². The lowest BCUT2D eigenvalue weighted by molar-refractivity contribution is -0.123. The number of rotatable bonds is 4. The van der Waals surface area contributed by atoms with Crippen LogP contribution >= 0.6 is 0 Å². The molecule has 0 saturated heterocycles. The third-order valence-electron chi connectivity index (χ3n) is 4.28. The molecular weight excluding hydrogens is 300 g/mol. The second-order valence-corrected chi connectivity index (χ2v) is 6.31. The van der Waals surface area contributed by atoms with E-state index in [0.717, 1.165) is 16.9 Å². The van der Waals surface area contributed by atoms with Crippen LogP contribution in [-0.2, 0) is 16.0 Å². The van der Waals surface area contributed by atoms with Crippen molar-refractivity contribution in [3.8, 4) is 0 Å². The predicted molar refractivity (Wildman–Crippen MR) is 96.2 cm³/mol. The Morgan fingerprint density at radius 2 is 1.62 bits per heavy atom. The lowest BCUT2D eigenvalue weighted by atomic mass is 10.1. The largest absolute Gasteiger partial charge is 0.306 e. The highest BCUT2D eigenvalue weighted by Crippen LogP contribution is 2.35. The van der Waals surface area contributed by atoms with Crippen LogP contribution in [0.25, 0.3) is 0 Å². The van der Waals surface area contributed by atoms with Crippen LogP contribution in [0.15, 0.2) is 54.6 Å². The highest BCUT2D eigenvalue weighted by molar-refractivity contribution is 6.11. The summed E-state index contributed by atoms with van der Waals surface area (Å²) in [6, 6.07) is 17.6. The molecule has 0 fully saturated rings. The van der Waals surface area contributed by atoms with Gasteiger partial charge < -0.3 is 9.80 Å². The highest BCUT2D eigenvalue weighted by Gasteiger charge is 2.33. The average Bonchev–Trinajstić information content (AvgIpc) is 2.59. The Balaban J connectivity index is 1.81. The molecule has 0 aliphatic carbocycles. The molecule has 124 valence electrons. The standard InChI is InChI=1S/C20H22N2O2/c1-15(2)22-18-11-7-6-10-17(18)21(14-20(22)24)19(23)13-12-16-8-4-3-5-9-16/h3-11,15H,12-14H2,1-2H3. The first kappa shape index (κ1) is 16.2. The smallest absolute Gasteiger partial charge is 0.247 e. The Morgan fingerprint density at radius 3 is 2.29 bits per heavy atom. The molecule has 1 aliphatic heterocycles. The van der Waals surface area contributed by atoms with Crippen molar-refractivity contribution >= 4 is 23.2 Å². The van der Waals surface area contributed by atoms with Gasteiger partial charge in [0.05, 0.1) is 11.4 Å².